The van der Waals surface area contributed by atoms with E-state index in [2.05, 4.69) is 19.2 Å². The van der Waals surface area contributed by atoms with E-state index in [-0.39, 0.29) is 0 Å². The van der Waals surface area contributed by atoms with Gasteiger partial charge in [-0.15, -0.1) is 0 Å². The van der Waals surface area contributed by atoms with Crippen molar-refractivity contribution in [1.82, 2.24) is 5.32 Å². The van der Waals surface area contributed by atoms with E-state index in [9.17, 15) is 8.42 Å². The Kier molecular flexibility index (Phi) is 5.14. The zero-order chi connectivity index (χ0) is 14.8. The van der Waals surface area contributed by atoms with E-state index in [0.29, 0.717) is 38.6 Å². The van der Waals surface area contributed by atoms with Crippen LogP contribution in [0.1, 0.15) is 46.0 Å². The summed E-state index contributed by atoms with van der Waals surface area (Å²) in [5.41, 5.74) is 0. The fourth-order valence-electron chi connectivity index (χ4n) is 3.49. The smallest absolute Gasteiger partial charge is 0.154 e. The van der Waals surface area contributed by atoms with Crippen molar-refractivity contribution in [2.24, 2.45) is 11.8 Å². The number of ether oxygens (including phenoxy) is 1. The molecular formula is C15H29NO3S. The molecule has 0 radical (unpaired) electrons. The SMILES string of the molecule is C[C@@H]1CC[C@@H](NCC2(S(C)(=O)=O)CCOCC2)C[C@H]1C. The molecule has 1 saturated heterocycles. The molecule has 1 saturated carbocycles. The van der Waals surface area contributed by atoms with Gasteiger partial charge in [-0.1, -0.05) is 13.8 Å². The molecule has 1 N–H and O–H groups in total. The molecule has 1 aliphatic carbocycles. The van der Waals surface area contributed by atoms with E-state index in [1.165, 1.54) is 19.1 Å². The predicted octanol–water partition coefficient (Wildman–Crippen LogP) is 1.99. The third-order valence-electron chi connectivity index (χ3n) is 5.50. The first kappa shape index (κ1) is 16.2. The van der Waals surface area contributed by atoms with Gasteiger partial charge in [0.1, 0.15) is 0 Å². The van der Waals surface area contributed by atoms with Crippen LogP contribution in [-0.2, 0) is 14.6 Å². The second-order valence-corrected chi connectivity index (χ2v) is 9.32. The van der Waals surface area contributed by atoms with Gasteiger partial charge < -0.3 is 10.1 Å². The Morgan fingerprint density at radius 1 is 1.15 bits per heavy atom. The third-order valence-corrected chi connectivity index (χ3v) is 7.63. The Morgan fingerprint density at radius 2 is 1.80 bits per heavy atom. The largest absolute Gasteiger partial charge is 0.381 e. The van der Waals surface area contributed by atoms with Crippen LogP contribution in [0.25, 0.3) is 0 Å². The summed E-state index contributed by atoms with van der Waals surface area (Å²) in [7, 11) is -3.06. The van der Waals surface area contributed by atoms with E-state index in [4.69, 9.17) is 4.74 Å². The minimum Gasteiger partial charge on any atom is -0.381 e. The monoisotopic (exact) mass is 303 g/mol. The summed E-state index contributed by atoms with van der Waals surface area (Å²) in [4.78, 5) is 0. The molecule has 3 atom stereocenters. The highest BCUT2D eigenvalue weighted by Gasteiger charge is 2.42. The maximum absolute atomic E-state index is 12.2. The Labute approximate surface area is 123 Å². The van der Waals surface area contributed by atoms with E-state index in [0.717, 1.165) is 18.3 Å². The van der Waals surface area contributed by atoms with Crippen molar-refractivity contribution in [3.63, 3.8) is 0 Å². The van der Waals surface area contributed by atoms with Gasteiger partial charge in [-0.3, -0.25) is 0 Å². The quantitative estimate of drug-likeness (QED) is 0.863. The summed E-state index contributed by atoms with van der Waals surface area (Å²) in [5, 5.41) is 3.55. The Bertz CT molecular complexity index is 415. The van der Waals surface area contributed by atoms with Crippen LogP contribution in [0.5, 0.6) is 0 Å². The summed E-state index contributed by atoms with van der Waals surface area (Å²) in [6, 6.07) is 0.475. The standard InChI is InChI=1S/C15H29NO3S/c1-12-4-5-14(10-13(12)2)16-11-15(20(3,17)18)6-8-19-9-7-15/h12-14,16H,4-11H2,1-3H3/t12-,13-,14-/m1/s1. The lowest BCUT2D eigenvalue weighted by Gasteiger charge is -2.39. The topological polar surface area (TPSA) is 55.4 Å². The normalized spacial score (nSPS) is 34.9. The number of hydrogen-bond acceptors (Lipinski definition) is 4. The van der Waals surface area contributed by atoms with Crippen molar-refractivity contribution in [1.29, 1.82) is 0 Å². The lowest BCUT2D eigenvalue weighted by molar-refractivity contribution is 0.0726. The van der Waals surface area contributed by atoms with Crippen LogP contribution < -0.4 is 5.32 Å². The summed E-state index contributed by atoms with van der Waals surface area (Å²) >= 11 is 0. The second kappa shape index (κ2) is 6.32. The molecule has 118 valence electrons. The highest BCUT2D eigenvalue weighted by Crippen LogP contribution is 2.32. The van der Waals surface area contributed by atoms with Crippen LogP contribution in [0.3, 0.4) is 0 Å². The van der Waals surface area contributed by atoms with Gasteiger partial charge in [0, 0.05) is 32.1 Å². The van der Waals surface area contributed by atoms with Crippen molar-refractivity contribution in [3.05, 3.63) is 0 Å². The van der Waals surface area contributed by atoms with E-state index in [1.807, 2.05) is 0 Å². The van der Waals surface area contributed by atoms with Gasteiger partial charge >= 0.3 is 0 Å². The fraction of sp³-hybridized carbons (Fsp3) is 1.00. The number of nitrogens with one attached hydrogen (secondary N) is 1. The van der Waals surface area contributed by atoms with Gasteiger partial charge in [-0.05, 0) is 43.9 Å². The second-order valence-electron chi connectivity index (χ2n) is 6.91. The maximum atomic E-state index is 12.2. The molecule has 0 bridgehead atoms. The lowest BCUT2D eigenvalue weighted by atomic mass is 9.79. The molecular weight excluding hydrogens is 274 g/mol. The van der Waals surface area contributed by atoms with Gasteiger partial charge in [0.15, 0.2) is 9.84 Å². The molecule has 0 spiro atoms. The molecule has 20 heavy (non-hydrogen) atoms. The lowest BCUT2D eigenvalue weighted by Crippen LogP contribution is -2.53. The first-order chi connectivity index (χ1) is 9.34. The van der Waals surface area contributed by atoms with Crippen molar-refractivity contribution < 1.29 is 13.2 Å². The van der Waals surface area contributed by atoms with Crippen LogP contribution >= 0.6 is 0 Å². The highest BCUT2D eigenvalue weighted by molar-refractivity contribution is 7.92. The molecule has 0 amide bonds. The van der Waals surface area contributed by atoms with Crippen molar-refractivity contribution in [3.8, 4) is 0 Å². The molecule has 2 fully saturated rings. The first-order valence-corrected chi connectivity index (χ1v) is 9.74. The molecule has 2 rings (SSSR count). The van der Waals surface area contributed by atoms with Gasteiger partial charge in [-0.2, -0.15) is 0 Å². The zero-order valence-corrected chi connectivity index (χ0v) is 13.8. The van der Waals surface area contributed by atoms with Gasteiger partial charge in [0.2, 0.25) is 0 Å². The Hall–Kier alpha value is -0.130. The van der Waals surface area contributed by atoms with Gasteiger partial charge in [-0.25, -0.2) is 8.42 Å². The molecule has 5 heteroatoms. The predicted molar refractivity (Wildman–Crippen MR) is 81.6 cm³/mol. The number of hydrogen-bond donors (Lipinski definition) is 1. The van der Waals surface area contributed by atoms with Crippen LogP contribution in [0.15, 0.2) is 0 Å². The van der Waals surface area contributed by atoms with Gasteiger partial charge in [0.05, 0.1) is 4.75 Å². The van der Waals surface area contributed by atoms with Crippen LogP contribution in [-0.4, -0.2) is 45.2 Å². The summed E-state index contributed by atoms with van der Waals surface area (Å²) in [6.07, 6.45) is 6.20. The van der Waals surface area contributed by atoms with E-state index >= 15 is 0 Å². The number of rotatable bonds is 4. The average Bonchev–Trinajstić information content (AvgIpc) is 2.40. The summed E-state index contributed by atoms with van der Waals surface area (Å²) < 4.78 is 29.1. The molecule has 0 aromatic rings. The summed E-state index contributed by atoms with van der Waals surface area (Å²) in [5.74, 6) is 1.52. The molecule has 2 aliphatic rings. The molecule has 0 unspecified atom stereocenters. The van der Waals surface area contributed by atoms with Crippen LogP contribution in [0, 0.1) is 11.8 Å². The third kappa shape index (κ3) is 3.55. The maximum Gasteiger partial charge on any atom is 0.154 e. The molecule has 0 aromatic heterocycles. The minimum absolute atomic E-state index is 0.475. The molecule has 0 aromatic carbocycles. The molecule has 1 heterocycles. The Morgan fingerprint density at radius 3 is 2.35 bits per heavy atom. The minimum atomic E-state index is -3.06. The van der Waals surface area contributed by atoms with Gasteiger partial charge in [0.25, 0.3) is 0 Å². The molecule has 4 nitrogen and oxygen atoms in total. The molecule has 1 aliphatic heterocycles. The van der Waals surface area contributed by atoms with Crippen LogP contribution in [0.4, 0.5) is 0 Å². The average molecular weight is 303 g/mol. The highest BCUT2D eigenvalue weighted by atomic mass is 32.2. The fourth-order valence-corrected chi connectivity index (χ4v) is 4.74. The van der Waals surface area contributed by atoms with Crippen LogP contribution in [0.2, 0.25) is 0 Å². The zero-order valence-electron chi connectivity index (χ0n) is 13.0. The summed E-state index contributed by atoms with van der Waals surface area (Å²) in [6.45, 7) is 6.33. The Balaban J connectivity index is 1.96. The number of sulfone groups is 1. The van der Waals surface area contributed by atoms with E-state index in [1.54, 1.807) is 0 Å². The first-order valence-electron chi connectivity index (χ1n) is 7.85. The van der Waals surface area contributed by atoms with Crippen molar-refractivity contribution in [2.45, 2.75) is 56.7 Å². The van der Waals surface area contributed by atoms with E-state index < -0.39 is 14.6 Å². The van der Waals surface area contributed by atoms with Crippen molar-refractivity contribution >= 4 is 9.84 Å². The van der Waals surface area contributed by atoms with Crippen molar-refractivity contribution in [2.75, 3.05) is 26.0 Å².